The van der Waals surface area contributed by atoms with E-state index in [1.807, 2.05) is 44.3 Å². The molecule has 0 aliphatic carbocycles. The van der Waals surface area contributed by atoms with E-state index in [9.17, 15) is 18.4 Å². The number of aryl methyl sites for hydroxylation is 2. The molecule has 0 atom stereocenters. The summed E-state index contributed by atoms with van der Waals surface area (Å²) in [6, 6.07) is 13.9. The lowest BCUT2D eigenvalue weighted by Crippen LogP contribution is -2.17. The van der Waals surface area contributed by atoms with Crippen LogP contribution in [0.4, 0.5) is 14.5 Å². The van der Waals surface area contributed by atoms with Crippen molar-refractivity contribution in [3.05, 3.63) is 81.9 Å². The Hall–Kier alpha value is -4.55. The molecule has 41 heavy (non-hydrogen) atoms. The van der Waals surface area contributed by atoms with Crippen molar-refractivity contribution in [1.82, 2.24) is 19.7 Å². The van der Waals surface area contributed by atoms with Gasteiger partial charge < -0.3 is 11.1 Å². The van der Waals surface area contributed by atoms with Crippen molar-refractivity contribution in [2.45, 2.75) is 26.8 Å². The van der Waals surface area contributed by atoms with Gasteiger partial charge >= 0.3 is 0 Å². The Morgan fingerprint density at radius 3 is 2.59 bits per heavy atom. The van der Waals surface area contributed by atoms with Gasteiger partial charge in [-0.3, -0.25) is 14.3 Å². The van der Waals surface area contributed by atoms with Gasteiger partial charge in [0, 0.05) is 44.4 Å². The number of fused-ring (bicyclic) bond motifs is 2. The molecule has 2 amide bonds. The van der Waals surface area contributed by atoms with Gasteiger partial charge in [-0.05, 0) is 44.2 Å². The van der Waals surface area contributed by atoms with Crippen molar-refractivity contribution >= 4 is 61.3 Å². The summed E-state index contributed by atoms with van der Waals surface area (Å²) in [6.07, 6.45) is 0.703. The van der Waals surface area contributed by atoms with E-state index in [1.54, 1.807) is 29.1 Å². The zero-order valence-electron chi connectivity index (χ0n) is 21.8. The van der Waals surface area contributed by atoms with E-state index in [0.717, 1.165) is 21.8 Å². The molecule has 8 nitrogen and oxygen atoms in total. The molecular weight excluding hydrogens is 566 g/mol. The number of rotatable bonds is 7. The van der Waals surface area contributed by atoms with Gasteiger partial charge in [0.05, 0.1) is 28.7 Å². The fraction of sp³-hybridized carbons (Fsp3) is 0.138. The van der Waals surface area contributed by atoms with Crippen LogP contribution in [0.25, 0.3) is 42.8 Å². The van der Waals surface area contributed by atoms with Crippen molar-refractivity contribution in [2.24, 2.45) is 5.73 Å². The number of hydrogen-bond acceptors (Lipinski definition) is 7. The van der Waals surface area contributed by atoms with Gasteiger partial charge in [0.1, 0.15) is 15.4 Å². The standard InChI is InChI=1S/C29H22F2N6O2S2/c1-3-37-13-15(12-33-37)20-10-17(16-6-4-5-7-19(16)34-20)28(39)36-24-23-18(22-9-8-14(2)40-22)11-21(26(30)31)35-29(23)41-25(24)27(32)38/h4-13,26H,3H2,1-2H3,(H2,32,38)(H,36,39). The second-order valence-corrected chi connectivity index (χ2v) is 11.6. The minimum atomic E-state index is -2.82. The minimum absolute atomic E-state index is 0.0181. The fourth-order valence-corrected chi connectivity index (χ4v) is 6.56. The fourth-order valence-electron chi connectivity index (χ4n) is 4.66. The molecule has 0 aliphatic heterocycles. The van der Waals surface area contributed by atoms with E-state index in [4.69, 9.17) is 10.7 Å². The summed E-state index contributed by atoms with van der Waals surface area (Å²) in [6.45, 7) is 4.55. The van der Waals surface area contributed by atoms with E-state index in [1.165, 1.54) is 17.4 Å². The summed E-state index contributed by atoms with van der Waals surface area (Å²) in [5.74, 6) is -1.32. The average Bonchev–Trinajstić information content (AvgIpc) is 3.70. The highest BCUT2D eigenvalue weighted by molar-refractivity contribution is 7.21. The molecule has 0 spiro atoms. The Morgan fingerprint density at radius 2 is 1.90 bits per heavy atom. The van der Waals surface area contributed by atoms with Crippen LogP contribution in [0, 0.1) is 6.92 Å². The third kappa shape index (κ3) is 4.85. The van der Waals surface area contributed by atoms with Crippen LogP contribution < -0.4 is 11.1 Å². The number of nitrogens with zero attached hydrogens (tertiary/aromatic N) is 4. The third-order valence-electron chi connectivity index (χ3n) is 6.59. The Morgan fingerprint density at radius 1 is 1.10 bits per heavy atom. The average molecular weight is 589 g/mol. The lowest BCUT2D eigenvalue weighted by Gasteiger charge is -2.12. The summed E-state index contributed by atoms with van der Waals surface area (Å²) in [5, 5.41) is 8.18. The number of anilines is 1. The highest BCUT2D eigenvalue weighted by atomic mass is 32.1. The Labute approximate surface area is 240 Å². The first-order valence-corrected chi connectivity index (χ1v) is 14.2. The number of alkyl halides is 2. The summed E-state index contributed by atoms with van der Waals surface area (Å²) >= 11 is 2.28. The molecule has 6 aromatic rings. The Bertz CT molecular complexity index is 1980. The number of nitrogens with one attached hydrogen (secondary N) is 1. The number of amides is 2. The molecule has 12 heteroatoms. The van der Waals surface area contributed by atoms with Crippen LogP contribution >= 0.6 is 22.7 Å². The minimum Gasteiger partial charge on any atom is -0.365 e. The van der Waals surface area contributed by atoms with Crippen molar-refractivity contribution in [3.63, 3.8) is 0 Å². The van der Waals surface area contributed by atoms with Crippen LogP contribution in [-0.2, 0) is 6.54 Å². The normalized spacial score (nSPS) is 11.5. The lowest BCUT2D eigenvalue weighted by atomic mass is 10.0. The number of benzene rings is 1. The number of aromatic nitrogens is 4. The number of thiophene rings is 2. The first-order valence-electron chi connectivity index (χ1n) is 12.6. The molecule has 3 N–H and O–H groups in total. The van der Waals surface area contributed by atoms with Crippen LogP contribution in [0.1, 0.15) is 43.9 Å². The van der Waals surface area contributed by atoms with Crippen molar-refractivity contribution in [2.75, 3.05) is 5.32 Å². The van der Waals surface area contributed by atoms with Gasteiger partial charge in [-0.1, -0.05) is 18.2 Å². The Kier molecular flexibility index (Phi) is 6.80. The second-order valence-electron chi connectivity index (χ2n) is 9.27. The van der Waals surface area contributed by atoms with Gasteiger partial charge in [-0.15, -0.1) is 22.7 Å². The number of primary amides is 1. The maximum Gasteiger partial charge on any atom is 0.280 e. The highest BCUT2D eigenvalue weighted by Gasteiger charge is 2.26. The van der Waals surface area contributed by atoms with E-state index in [2.05, 4.69) is 15.4 Å². The van der Waals surface area contributed by atoms with Gasteiger partial charge in [0.15, 0.2) is 0 Å². The lowest BCUT2D eigenvalue weighted by molar-refractivity contribution is 0.100. The molecule has 0 radical (unpaired) electrons. The summed E-state index contributed by atoms with van der Waals surface area (Å²) in [7, 11) is 0. The molecule has 0 fully saturated rings. The number of halogens is 2. The largest absolute Gasteiger partial charge is 0.365 e. The van der Waals surface area contributed by atoms with E-state index in [-0.39, 0.29) is 15.4 Å². The van der Waals surface area contributed by atoms with E-state index >= 15 is 0 Å². The molecule has 5 heterocycles. The summed E-state index contributed by atoms with van der Waals surface area (Å²) in [4.78, 5) is 37.2. The molecule has 0 bridgehead atoms. The second kappa shape index (κ2) is 10.5. The monoisotopic (exact) mass is 588 g/mol. The smallest absolute Gasteiger partial charge is 0.280 e. The maximum atomic E-state index is 14.0. The van der Waals surface area contributed by atoms with Crippen LogP contribution in [0.15, 0.2) is 60.9 Å². The Balaban J connectivity index is 1.54. The quantitative estimate of drug-likeness (QED) is 0.207. The number of carbonyl (C=O) groups excluding carboxylic acids is 2. The van der Waals surface area contributed by atoms with Gasteiger partial charge in [-0.25, -0.2) is 18.7 Å². The molecule has 6 rings (SSSR count). The van der Waals surface area contributed by atoms with Crippen molar-refractivity contribution in [1.29, 1.82) is 0 Å². The van der Waals surface area contributed by atoms with E-state index in [0.29, 0.717) is 44.5 Å². The van der Waals surface area contributed by atoms with E-state index < -0.39 is 23.9 Å². The van der Waals surface area contributed by atoms with Gasteiger partial charge in [0.2, 0.25) is 0 Å². The summed E-state index contributed by atoms with van der Waals surface area (Å²) in [5.41, 5.74) is 8.08. The molecule has 0 aliphatic rings. The zero-order valence-corrected chi connectivity index (χ0v) is 23.4. The highest BCUT2D eigenvalue weighted by Crippen LogP contribution is 2.44. The van der Waals surface area contributed by atoms with Crippen LogP contribution in [0.3, 0.4) is 0 Å². The molecule has 206 valence electrons. The first kappa shape index (κ1) is 26.7. The molecule has 1 aromatic carbocycles. The molecule has 0 unspecified atom stereocenters. The molecule has 0 saturated carbocycles. The SMILES string of the molecule is CCn1cc(-c2cc(C(=O)Nc3c(C(N)=O)sc4nc(C(F)F)cc(-c5ccc(C)s5)c34)c3ccccc3n2)cn1. The van der Waals surface area contributed by atoms with Crippen LogP contribution in [0.2, 0.25) is 0 Å². The number of hydrogen-bond donors (Lipinski definition) is 2. The zero-order chi connectivity index (χ0) is 28.8. The van der Waals surface area contributed by atoms with Crippen LogP contribution in [-0.4, -0.2) is 31.6 Å². The number of pyridine rings is 2. The predicted octanol–water partition coefficient (Wildman–Crippen LogP) is 7.05. The predicted molar refractivity (Wildman–Crippen MR) is 158 cm³/mol. The maximum absolute atomic E-state index is 14.0. The number of carbonyl (C=O) groups is 2. The molecular formula is C29H22F2N6O2S2. The first-order chi connectivity index (χ1) is 19.7. The topological polar surface area (TPSA) is 116 Å². The third-order valence-corrected chi connectivity index (χ3v) is 8.72. The van der Waals surface area contributed by atoms with Crippen molar-refractivity contribution < 1.29 is 18.4 Å². The summed E-state index contributed by atoms with van der Waals surface area (Å²) < 4.78 is 29.4. The molecule has 0 saturated heterocycles. The van der Waals surface area contributed by atoms with Gasteiger partial charge in [-0.2, -0.15) is 5.10 Å². The number of para-hydroxylation sites is 1. The van der Waals surface area contributed by atoms with Crippen LogP contribution in [0.5, 0.6) is 0 Å². The van der Waals surface area contributed by atoms with Gasteiger partial charge in [0.25, 0.3) is 18.2 Å². The number of nitrogens with two attached hydrogens (primary N) is 1. The molecule has 5 aromatic heterocycles. The van der Waals surface area contributed by atoms with Crippen molar-refractivity contribution in [3.8, 4) is 21.7 Å².